The van der Waals surface area contributed by atoms with Crippen LogP contribution in [0.2, 0.25) is 0 Å². The van der Waals surface area contributed by atoms with Gasteiger partial charge < -0.3 is 5.32 Å². The molecular weight excluding hydrogens is 186 g/mol. The molecule has 0 spiro atoms. The minimum Gasteiger partial charge on any atom is -0.349 e. The zero-order chi connectivity index (χ0) is 10.7. The fourth-order valence-corrected chi connectivity index (χ4v) is 1.93. The van der Waals surface area contributed by atoms with Crippen LogP contribution in [0.1, 0.15) is 18.9 Å². The van der Waals surface area contributed by atoms with Gasteiger partial charge in [-0.15, -0.1) is 0 Å². The van der Waals surface area contributed by atoms with E-state index in [0.717, 1.165) is 6.42 Å². The molecule has 1 aliphatic heterocycles. The lowest BCUT2D eigenvalue weighted by molar-refractivity contribution is -0.121. The van der Waals surface area contributed by atoms with Gasteiger partial charge in [0.2, 0.25) is 5.91 Å². The molecule has 1 aromatic carbocycles. The molecule has 1 atom stereocenters. The van der Waals surface area contributed by atoms with Crippen LogP contribution in [0.3, 0.4) is 0 Å². The number of nitrogens with one attached hydrogen (secondary N) is 1. The quantitative estimate of drug-likeness (QED) is 0.729. The highest BCUT2D eigenvalue weighted by Crippen LogP contribution is 2.12. The minimum absolute atomic E-state index is 0.135. The molecule has 0 aromatic heterocycles. The summed E-state index contributed by atoms with van der Waals surface area (Å²) in [6.45, 7) is 2.01. The van der Waals surface area contributed by atoms with Crippen molar-refractivity contribution in [1.82, 2.24) is 5.32 Å². The van der Waals surface area contributed by atoms with E-state index in [1.165, 1.54) is 11.1 Å². The van der Waals surface area contributed by atoms with Crippen molar-refractivity contribution in [3.63, 3.8) is 0 Å². The molecule has 0 fully saturated rings. The maximum Gasteiger partial charge on any atom is 0.224 e. The van der Waals surface area contributed by atoms with E-state index in [1.807, 2.05) is 25.1 Å². The monoisotopic (exact) mass is 201 g/mol. The van der Waals surface area contributed by atoms with Crippen LogP contribution in [0.15, 0.2) is 42.0 Å². The Morgan fingerprint density at radius 3 is 2.73 bits per heavy atom. The standard InChI is InChI=1S/C13H15NO/c1-10-7-12(14-13(15)8-10)9-11-5-3-2-4-6-11/h2-7,12H,8-9H2,1H3,(H,14,15)/t12-/m1/s1. The van der Waals surface area contributed by atoms with Crippen molar-refractivity contribution < 1.29 is 4.79 Å². The molecule has 1 aromatic rings. The summed E-state index contributed by atoms with van der Waals surface area (Å²) in [4.78, 5) is 11.3. The van der Waals surface area contributed by atoms with Crippen molar-refractivity contribution in [1.29, 1.82) is 0 Å². The summed E-state index contributed by atoms with van der Waals surface area (Å²) >= 11 is 0. The van der Waals surface area contributed by atoms with Crippen molar-refractivity contribution in [3.05, 3.63) is 47.5 Å². The first-order valence-corrected chi connectivity index (χ1v) is 5.24. The summed E-state index contributed by atoms with van der Waals surface area (Å²) in [7, 11) is 0. The molecule has 2 heteroatoms. The summed E-state index contributed by atoms with van der Waals surface area (Å²) in [6, 6.07) is 10.4. The first-order chi connectivity index (χ1) is 7.24. The van der Waals surface area contributed by atoms with E-state index in [9.17, 15) is 4.79 Å². The second-order valence-corrected chi connectivity index (χ2v) is 4.05. The van der Waals surface area contributed by atoms with Gasteiger partial charge in [0, 0.05) is 6.42 Å². The van der Waals surface area contributed by atoms with E-state index < -0.39 is 0 Å². The summed E-state index contributed by atoms with van der Waals surface area (Å²) in [6.07, 6.45) is 3.57. The number of carbonyl (C=O) groups excluding carboxylic acids is 1. The smallest absolute Gasteiger partial charge is 0.224 e. The number of rotatable bonds is 2. The van der Waals surface area contributed by atoms with E-state index in [-0.39, 0.29) is 11.9 Å². The average molecular weight is 201 g/mol. The molecule has 1 N–H and O–H groups in total. The van der Waals surface area contributed by atoms with E-state index >= 15 is 0 Å². The van der Waals surface area contributed by atoms with Crippen molar-refractivity contribution in [2.24, 2.45) is 0 Å². The van der Waals surface area contributed by atoms with Gasteiger partial charge in [-0.1, -0.05) is 42.0 Å². The maximum absolute atomic E-state index is 11.3. The van der Waals surface area contributed by atoms with Crippen LogP contribution in [-0.4, -0.2) is 11.9 Å². The molecule has 78 valence electrons. The van der Waals surface area contributed by atoms with E-state index in [2.05, 4.69) is 23.5 Å². The van der Waals surface area contributed by atoms with Crippen LogP contribution in [0.5, 0.6) is 0 Å². The Balaban J connectivity index is 2.07. The fourth-order valence-electron chi connectivity index (χ4n) is 1.93. The fraction of sp³-hybridized carbons (Fsp3) is 0.308. The Kier molecular flexibility index (Phi) is 2.86. The molecule has 0 bridgehead atoms. The van der Waals surface area contributed by atoms with Gasteiger partial charge >= 0.3 is 0 Å². The van der Waals surface area contributed by atoms with Gasteiger partial charge in [-0.25, -0.2) is 0 Å². The molecule has 0 radical (unpaired) electrons. The predicted octanol–water partition coefficient (Wildman–Crippen LogP) is 2.06. The Bertz CT molecular complexity index is 381. The van der Waals surface area contributed by atoms with Crippen molar-refractivity contribution in [2.45, 2.75) is 25.8 Å². The highest BCUT2D eigenvalue weighted by molar-refractivity contribution is 5.80. The Hall–Kier alpha value is -1.57. The Labute approximate surface area is 90.0 Å². The Morgan fingerprint density at radius 2 is 2.07 bits per heavy atom. The molecule has 2 nitrogen and oxygen atoms in total. The third-order valence-electron chi connectivity index (χ3n) is 2.57. The van der Waals surface area contributed by atoms with Gasteiger partial charge in [-0.2, -0.15) is 0 Å². The number of hydrogen-bond acceptors (Lipinski definition) is 1. The molecular formula is C13H15NO. The number of hydrogen-bond donors (Lipinski definition) is 1. The normalized spacial score (nSPS) is 20.7. The molecule has 0 saturated heterocycles. The van der Waals surface area contributed by atoms with Crippen molar-refractivity contribution in [3.8, 4) is 0 Å². The average Bonchev–Trinajstić information content (AvgIpc) is 2.17. The second-order valence-electron chi connectivity index (χ2n) is 4.05. The number of benzene rings is 1. The number of amides is 1. The van der Waals surface area contributed by atoms with Crippen LogP contribution in [-0.2, 0) is 11.2 Å². The zero-order valence-electron chi connectivity index (χ0n) is 8.86. The van der Waals surface area contributed by atoms with Crippen LogP contribution >= 0.6 is 0 Å². The molecule has 1 heterocycles. The van der Waals surface area contributed by atoms with Crippen molar-refractivity contribution >= 4 is 5.91 Å². The van der Waals surface area contributed by atoms with Crippen molar-refractivity contribution in [2.75, 3.05) is 0 Å². The highest BCUT2D eigenvalue weighted by Gasteiger charge is 2.16. The van der Waals surface area contributed by atoms with E-state index in [4.69, 9.17) is 0 Å². The molecule has 0 unspecified atom stereocenters. The third kappa shape index (κ3) is 2.69. The molecule has 1 aliphatic rings. The lowest BCUT2D eigenvalue weighted by Gasteiger charge is -2.21. The third-order valence-corrected chi connectivity index (χ3v) is 2.57. The SMILES string of the molecule is CC1=C[C@H](Cc2ccccc2)NC(=O)C1. The van der Waals surface area contributed by atoms with Crippen LogP contribution in [0, 0.1) is 0 Å². The topological polar surface area (TPSA) is 29.1 Å². The maximum atomic E-state index is 11.3. The Morgan fingerprint density at radius 1 is 1.33 bits per heavy atom. The predicted molar refractivity (Wildman–Crippen MR) is 60.5 cm³/mol. The van der Waals surface area contributed by atoms with Crippen LogP contribution < -0.4 is 5.32 Å². The first-order valence-electron chi connectivity index (χ1n) is 5.24. The second kappa shape index (κ2) is 4.30. The summed E-state index contributed by atoms with van der Waals surface area (Å²) in [5.41, 5.74) is 2.42. The van der Waals surface area contributed by atoms with Gasteiger partial charge in [-0.05, 0) is 18.9 Å². The zero-order valence-corrected chi connectivity index (χ0v) is 8.86. The lowest BCUT2D eigenvalue weighted by Crippen LogP contribution is -2.38. The van der Waals surface area contributed by atoms with Gasteiger partial charge in [0.05, 0.1) is 6.04 Å². The highest BCUT2D eigenvalue weighted by atomic mass is 16.1. The van der Waals surface area contributed by atoms with Gasteiger partial charge in [0.15, 0.2) is 0 Å². The molecule has 1 amide bonds. The van der Waals surface area contributed by atoms with E-state index in [0.29, 0.717) is 6.42 Å². The molecule has 0 aliphatic carbocycles. The largest absolute Gasteiger partial charge is 0.349 e. The summed E-state index contributed by atoms with van der Waals surface area (Å²) in [5.74, 6) is 0.135. The van der Waals surface area contributed by atoms with Gasteiger partial charge in [0.1, 0.15) is 0 Å². The molecule has 0 saturated carbocycles. The number of carbonyl (C=O) groups is 1. The molecule has 15 heavy (non-hydrogen) atoms. The van der Waals surface area contributed by atoms with Gasteiger partial charge in [0.25, 0.3) is 0 Å². The van der Waals surface area contributed by atoms with E-state index in [1.54, 1.807) is 0 Å². The minimum atomic E-state index is 0.135. The summed E-state index contributed by atoms with van der Waals surface area (Å²) < 4.78 is 0. The molecule has 2 rings (SSSR count). The first kappa shape index (κ1) is 9.97. The lowest BCUT2D eigenvalue weighted by atomic mass is 9.99. The van der Waals surface area contributed by atoms with Gasteiger partial charge in [-0.3, -0.25) is 4.79 Å². The van der Waals surface area contributed by atoms with Crippen LogP contribution in [0.25, 0.3) is 0 Å². The summed E-state index contributed by atoms with van der Waals surface area (Å²) in [5, 5.41) is 2.98. The van der Waals surface area contributed by atoms with Crippen LogP contribution in [0.4, 0.5) is 0 Å².